The number of nitrogens with zero attached hydrogens (tertiary/aromatic N) is 2. The Hall–Kier alpha value is -1.94. The summed E-state index contributed by atoms with van der Waals surface area (Å²) in [6, 6.07) is 9.84. The molecule has 0 bridgehead atoms. The Morgan fingerprint density at radius 2 is 2.15 bits per heavy atom. The van der Waals surface area contributed by atoms with Gasteiger partial charge in [-0.15, -0.1) is 0 Å². The Labute approximate surface area is 122 Å². The molecule has 0 aliphatic heterocycles. The highest BCUT2D eigenvalue weighted by molar-refractivity contribution is 6.28. The smallest absolute Gasteiger partial charge is 0.270 e. The van der Waals surface area contributed by atoms with Crippen LogP contribution in [0.25, 0.3) is 0 Å². The molecule has 1 aliphatic rings. The summed E-state index contributed by atoms with van der Waals surface area (Å²) in [5.41, 5.74) is 2.81. The van der Waals surface area contributed by atoms with Crippen molar-refractivity contribution in [2.75, 3.05) is 0 Å². The van der Waals surface area contributed by atoms with Crippen molar-refractivity contribution in [1.82, 2.24) is 15.3 Å². The number of aromatic nitrogens is 2. The van der Waals surface area contributed by atoms with Crippen molar-refractivity contribution < 1.29 is 4.79 Å². The number of carbonyl (C=O) groups is 1. The predicted molar refractivity (Wildman–Crippen MR) is 76.6 cm³/mol. The standard InChI is InChI=1S/C15H14ClN3O/c16-15-17-9-8-13(19-15)14(20)18-12-7-3-5-10-4-1-2-6-11(10)12/h1-2,4,6,8-9,12H,3,5,7H2,(H,18,20)/t12-/m0/s1. The van der Waals surface area contributed by atoms with Crippen LogP contribution in [0.15, 0.2) is 36.5 Å². The first kappa shape index (κ1) is 13.1. The van der Waals surface area contributed by atoms with Crippen LogP contribution in [0.4, 0.5) is 0 Å². The van der Waals surface area contributed by atoms with Gasteiger partial charge in [0.2, 0.25) is 5.28 Å². The Bertz CT molecular complexity index is 645. The molecule has 3 rings (SSSR count). The summed E-state index contributed by atoms with van der Waals surface area (Å²) in [4.78, 5) is 19.9. The van der Waals surface area contributed by atoms with Crippen molar-refractivity contribution >= 4 is 17.5 Å². The number of hydrogen-bond acceptors (Lipinski definition) is 3. The monoisotopic (exact) mass is 287 g/mol. The Balaban J connectivity index is 1.81. The number of hydrogen-bond donors (Lipinski definition) is 1. The van der Waals surface area contributed by atoms with Crippen molar-refractivity contribution in [3.8, 4) is 0 Å². The second-order valence-corrected chi connectivity index (χ2v) is 5.17. The number of fused-ring (bicyclic) bond motifs is 1. The third-order valence-corrected chi connectivity index (χ3v) is 3.72. The molecule has 102 valence electrons. The molecule has 0 spiro atoms. The minimum Gasteiger partial charge on any atom is -0.344 e. The van der Waals surface area contributed by atoms with Gasteiger partial charge in [-0.05, 0) is 48.1 Å². The highest BCUT2D eigenvalue weighted by Crippen LogP contribution is 2.29. The molecule has 0 fully saturated rings. The molecule has 0 saturated heterocycles. The number of amides is 1. The lowest BCUT2D eigenvalue weighted by atomic mass is 9.87. The Morgan fingerprint density at radius 1 is 1.30 bits per heavy atom. The van der Waals surface area contributed by atoms with Gasteiger partial charge in [-0.2, -0.15) is 0 Å². The van der Waals surface area contributed by atoms with E-state index in [2.05, 4.69) is 27.4 Å². The molecule has 0 saturated carbocycles. The first-order valence-corrected chi connectivity index (χ1v) is 6.99. The third-order valence-electron chi connectivity index (χ3n) is 3.53. The van der Waals surface area contributed by atoms with Gasteiger partial charge in [-0.3, -0.25) is 4.79 Å². The van der Waals surface area contributed by atoms with Gasteiger partial charge in [0.1, 0.15) is 5.69 Å². The molecule has 1 heterocycles. The molecular formula is C15H14ClN3O. The quantitative estimate of drug-likeness (QED) is 0.864. The molecule has 1 aromatic carbocycles. The van der Waals surface area contributed by atoms with Crippen molar-refractivity contribution in [2.24, 2.45) is 0 Å². The van der Waals surface area contributed by atoms with Crippen LogP contribution in [-0.2, 0) is 6.42 Å². The van der Waals surface area contributed by atoms with Gasteiger partial charge >= 0.3 is 0 Å². The molecule has 20 heavy (non-hydrogen) atoms. The van der Waals surface area contributed by atoms with Gasteiger partial charge in [0, 0.05) is 6.20 Å². The van der Waals surface area contributed by atoms with E-state index in [1.54, 1.807) is 6.07 Å². The third kappa shape index (κ3) is 2.65. The van der Waals surface area contributed by atoms with Crippen LogP contribution < -0.4 is 5.32 Å². The summed E-state index contributed by atoms with van der Waals surface area (Å²) < 4.78 is 0. The van der Waals surface area contributed by atoms with E-state index in [1.165, 1.54) is 17.3 Å². The average Bonchev–Trinajstić information content (AvgIpc) is 2.47. The minimum atomic E-state index is -0.212. The lowest BCUT2D eigenvalue weighted by Crippen LogP contribution is -2.31. The predicted octanol–water partition coefficient (Wildman–Crippen LogP) is 2.94. The molecule has 5 heteroatoms. The van der Waals surface area contributed by atoms with Crippen LogP contribution in [0.5, 0.6) is 0 Å². The van der Waals surface area contributed by atoms with Gasteiger partial charge in [-0.1, -0.05) is 24.3 Å². The molecule has 4 nitrogen and oxygen atoms in total. The van der Waals surface area contributed by atoms with E-state index in [0.29, 0.717) is 5.69 Å². The molecule has 1 N–H and O–H groups in total. The SMILES string of the molecule is O=C(N[C@H]1CCCc2ccccc21)c1ccnc(Cl)n1. The van der Waals surface area contributed by atoms with Gasteiger partial charge in [-0.25, -0.2) is 9.97 Å². The fourth-order valence-corrected chi connectivity index (χ4v) is 2.74. The van der Waals surface area contributed by atoms with Crippen molar-refractivity contribution in [1.29, 1.82) is 0 Å². The largest absolute Gasteiger partial charge is 0.344 e. The first-order valence-electron chi connectivity index (χ1n) is 6.61. The van der Waals surface area contributed by atoms with Crippen LogP contribution in [-0.4, -0.2) is 15.9 Å². The molecule has 1 aliphatic carbocycles. The van der Waals surface area contributed by atoms with Crippen LogP contribution in [0.3, 0.4) is 0 Å². The van der Waals surface area contributed by atoms with E-state index in [-0.39, 0.29) is 17.2 Å². The highest BCUT2D eigenvalue weighted by Gasteiger charge is 2.22. The molecular weight excluding hydrogens is 274 g/mol. The van der Waals surface area contributed by atoms with E-state index < -0.39 is 0 Å². The zero-order valence-electron chi connectivity index (χ0n) is 10.8. The fourth-order valence-electron chi connectivity index (χ4n) is 2.60. The molecule has 0 radical (unpaired) electrons. The Kier molecular flexibility index (Phi) is 3.65. The summed E-state index contributed by atoms with van der Waals surface area (Å²) in [5.74, 6) is -0.212. The van der Waals surface area contributed by atoms with E-state index in [1.807, 2.05) is 12.1 Å². The molecule has 1 aromatic heterocycles. The first-order chi connectivity index (χ1) is 9.74. The Morgan fingerprint density at radius 3 is 3.00 bits per heavy atom. The lowest BCUT2D eigenvalue weighted by Gasteiger charge is -2.26. The second kappa shape index (κ2) is 5.59. The topological polar surface area (TPSA) is 54.9 Å². The zero-order valence-corrected chi connectivity index (χ0v) is 11.6. The summed E-state index contributed by atoms with van der Waals surface area (Å²) in [7, 11) is 0. The summed E-state index contributed by atoms with van der Waals surface area (Å²) >= 11 is 5.71. The number of rotatable bonds is 2. The van der Waals surface area contributed by atoms with Crippen LogP contribution >= 0.6 is 11.6 Å². The van der Waals surface area contributed by atoms with Gasteiger partial charge < -0.3 is 5.32 Å². The number of halogens is 1. The lowest BCUT2D eigenvalue weighted by molar-refractivity contribution is 0.0927. The average molecular weight is 288 g/mol. The highest BCUT2D eigenvalue weighted by atomic mass is 35.5. The molecule has 1 amide bonds. The molecule has 2 aromatic rings. The molecule has 0 unspecified atom stereocenters. The van der Waals surface area contributed by atoms with Crippen molar-refractivity contribution in [2.45, 2.75) is 25.3 Å². The van der Waals surface area contributed by atoms with Gasteiger partial charge in [0.05, 0.1) is 6.04 Å². The fraction of sp³-hybridized carbons (Fsp3) is 0.267. The van der Waals surface area contributed by atoms with Gasteiger partial charge in [0.15, 0.2) is 0 Å². The second-order valence-electron chi connectivity index (χ2n) is 4.83. The normalized spacial score (nSPS) is 17.4. The number of benzene rings is 1. The van der Waals surface area contributed by atoms with Crippen LogP contribution in [0, 0.1) is 0 Å². The summed E-state index contributed by atoms with van der Waals surface area (Å²) in [6.45, 7) is 0. The van der Waals surface area contributed by atoms with E-state index in [0.717, 1.165) is 19.3 Å². The molecule has 1 atom stereocenters. The van der Waals surface area contributed by atoms with E-state index >= 15 is 0 Å². The zero-order chi connectivity index (χ0) is 13.9. The van der Waals surface area contributed by atoms with E-state index in [9.17, 15) is 4.79 Å². The van der Waals surface area contributed by atoms with Crippen molar-refractivity contribution in [3.05, 3.63) is 58.6 Å². The van der Waals surface area contributed by atoms with Crippen LogP contribution in [0.2, 0.25) is 5.28 Å². The van der Waals surface area contributed by atoms with Crippen molar-refractivity contribution in [3.63, 3.8) is 0 Å². The number of aryl methyl sites for hydroxylation is 1. The van der Waals surface area contributed by atoms with E-state index in [4.69, 9.17) is 11.6 Å². The maximum absolute atomic E-state index is 12.2. The summed E-state index contributed by atoms with van der Waals surface area (Å²) in [5, 5.41) is 3.12. The maximum Gasteiger partial charge on any atom is 0.270 e. The maximum atomic E-state index is 12.2. The number of nitrogens with one attached hydrogen (secondary N) is 1. The van der Waals surface area contributed by atoms with Crippen LogP contribution in [0.1, 0.15) is 40.5 Å². The minimum absolute atomic E-state index is 0.0428. The van der Waals surface area contributed by atoms with Gasteiger partial charge in [0.25, 0.3) is 5.91 Å². The number of carbonyl (C=O) groups excluding carboxylic acids is 1. The summed E-state index contributed by atoms with van der Waals surface area (Å²) in [6.07, 6.45) is 4.58.